The average Bonchev–Trinajstić information content (AvgIpc) is 3.10. The molecule has 3 rings (SSSR count). The van der Waals surface area contributed by atoms with Crippen molar-refractivity contribution < 1.29 is 24.2 Å². The van der Waals surface area contributed by atoms with Gasteiger partial charge in [0.05, 0.1) is 18.1 Å². The molecule has 10 nitrogen and oxygen atoms in total. The number of azide groups is 1. The molecule has 170 valence electrons. The lowest BCUT2D eigenvalue weighted by atomic mass is 9.83. The Morgan fingerprint density at radius 3 is 2.78 bits per heavy atom. The number of benzene rings is 1. The summed E-state index contributed by atoms with van der Waals surface area (Å²) in [5.41, 5.74) is 9.39. The van der Waals surface area contributed by atoms with Gasteiger partial charge in [0.15, 0.2) is 0 Å². The number of carbonyl (C=O) groups excluding carboxylic acids is 3. The summed E-state index contributed by atoms with van der Waals surface area (Å²) in [6, 6.07) is 8.98. The van der Waals surface area contributed by atoms with E-state index in [1.807, 2.05) is 30.3 Å². The fourth-order valence-corrected chi connectivity index (χ4v) is 5.00. The number of esters is 1. The van der Waals surface area contributed by atoms with Gasteiger partial charge < -0.3 is 19.6 Å². The highest BCUT2D eigenvalue weighted by Crippen LogP contribution is 2.47. The zero-order valence-corrected chi connectivity index (χ0v) is 18.7. The Hall–Kier alpha value is -3.01. The largest absolute Gasteiger partial charge is 0.456 e. The van der Waals surface area contributed by atoms with E-state index in [0.29, 0.717) is 23.6 Å². The third kappa shape index (κ3) is 5.07. The van der Waals surface area contributed by atoms with Gasteiger partial charge in [0.1, 0.15) is 18.8 Å². The minimum Gasteiger partial charge on any atom is -0.456 e. The van der Waals surface area contributed by atoms with Gasteiger partial charge in [-0.2, -0.15) is 0 Å². The zero-order chi connectivity index (χ0) is 23.3. The van der Waals surface area contributed by atoms with E-state index >= 15 is 0 Å². The highest BCUT2D eigenvalue weighted by atomic mass is 32.2. The van der Waals surface area contributed by atoms with E-state index in [9.17, 15) is 19.5 Å². The molecule has 0 aliphatic carbocycles. The second-order valence-electron chi connectivity index (χ2n) is 7.63. The van der Waals surface area contributed by atoms with Crippen LogP contribution in [0.15, 0.2) is 46.0 Å². The van der Waals surface area contributed by atoms with Crippen LogP contribution in [-0.4, -0.2) is 70.7 Å². The van der Waals surface area contributed by atoms with Crippen LogP contribution in [0.4, 0.5) is 0 Å². The first-order valence-electron chi connectivity index (χ1n) is 10.2. The molecular formula is C21H25N5O5S. The highest BCUT2D eigenvalue weighted by molar-refractivity contribution is 8.03. The summed E-state index contributed by atoms with van der Waals surface area (Å²) in [4.78, 5) is 43.6. The van der Waals surface area contributed by atoms with Gasteiger partial charge in [-0.05, 0) is 18.0 Å². The molecule has 1 fully saturated rings. The van der Waals surface area contributed by atoms with E-state index in [1.54, 1.807) is 14.0 Å². The minimum absolute atomic E-state index is 0.0876. The number of thioether (sulfide) groups is 1. The molecule has 0 bridgehead atoms. The number of ether oxygens (including phenoxy) is 1. The Morgan fingerprint density at radius 1 is 1.41 bits per heavy atom. The molecule has 32 heavy (non-hydrogen) atoms. The fraction of sp³-hybridized carbons (Fsp3) is 0.476. The van der Waals surface area contributed by atoms with Crippen molar-refractivity contribution in [2.45, 2.75) is 32.1 Å². The molecule has 2 aliphatic heterocycles. The van der Waals surface area contributed by atoms with E-state index in [-0.39, 0.29) is 36.7 Å². The molecule has 3 atom stereocenters. The van der Waals surface area contributed by atoms with Crippen LogP contribution in [0.5, 0.6) is 0 Å². The fourth-order valence-electron chi connectivity index (χ4n) is 3.78. The third-order valence-corrected chi connectivity index (χ3v) is 6.59. The normalized spacial score (nSPS) is 20.2. The summed E-state index contributed by atoms with van der Waals surface area (Å²) in [5.74, 6) is -1.23. The van der Waals surface area contributed by atoms with Gasteiger partial charge in [-0.1, -0.05) is 35.4 Å². The lowest BCUT2D eigenvalue weighted by Gasteiger charge is -2.44. The predicted octanol–water partition coefficient (Wildman–Crippen LogP) is 2.05. The number of aliphatic hydroxyl groups excluding tert-OH is 1. The van der Waals surface area contributed by atoms with Crippen LogP contribution in [0.1, 0.15) is 18.9 Å². The van der Waals surface area contributed by atoms with Crippen molar-refractivity contribution in [1.82, 2.24) is 9.80 Å². The van der Waals surface area contributed by atoms with Crippen molar-refractivity contribution >= 4 is 29.5 Å². The van der Waals surface area contributed by atoms with Crippen LogP contribution in [-0.2, 0) is 25.7 Å². The van der Waals surface area contributed by atoms with Gasteiger partial charge in [0, 0.05) is 35.6 Å². The van der Waals surface area contributed by atoms with Gasteiger partial charge in [0.25, 0.3) is 0 Å². The first-order chi connectivity index (χ1) is 15.3. The van der Waals surface area contributed by atoms with Gasteiger partial charge in [-0.25, -0.2) is 4.79 Å². The molecule has 1 aromatic rings. The Balaban J connectivity index is 1.68. The lowest BCUT2D eigenvalue weighted by Crippen LogP contribution is -2.61. The number of fused-ring (bicyclic) bond motifs is 1. The Labute approximate surface area is 189 Å². The Bertz CT molecular complexity index is 961. The maximum atomic E-state index is 12.9. The molecule has 2 heterocycles. The Morgan fingerprint density at radius 2 is 2.12 bits per heavy atom. The SMILES string of the molecule is C[C@@H](O)[C@H]1C(=O)N2C(C(=O)OCc3ccccc3)=C(SCCN(C)C(=O)CN=[N+]=[N-])C[C@H]12. The second-order valence-corrected chi connectivity index (χ2v) is 8.82. The smallest absolute Gasteiger partial charge is 0.356 e. The minimum atomic E-state index is -0.806. The summed E-state index contributed by atoms with van der Waals surface area (Å²) in [6.45, 7) is 1.78. The highest BCUT2D eigenvalue weighted by Gasteiger charge is 2.57. The van der Waals surface area contributed by atoms with Crippen molar-refractivity contribution in [3.05, 3.63) is 56.9 Å². The number of carbonyl (C=O) groups is 3. The van der Waals surface area contributed by atoms with Crippen LogP contribution >= 0.6 is 11.8 Å². The number of rotatable bonds is 10. The monoisotopic (exact) mass is 459 g/mol. The van der Waals surface area contributed by atoms with Crippen molar-refractivity contribution in [3.8, 4) is 0 Å². The molecule has 1 aromatic carbocycles. The Kier molecular flexibility index (Phi) is 7.79. The van der Waals surface area contributed by atoms with Gasteiger partial charge >= 0.3 is 5.97 Å². The second kappa shape index (κ2) is 10.5. The number of aliphatic hydroxyl groups is 1. The molecule has 0 radical (unpaired) electrons. The summed E-state index contributed by atoms with van der Waals surface area (Å²) in [6.07, 6.45) is -0.350. The molecule has 1 N–H and O–H groups in total. The molecule has 0 saturated carbocycles. The lowest BCUT2D eigenvalue weighted by molar-refractivity contribution is -0.162. The molecule has 0 spiro atoms. The number of hydrogen-bond donors (Lipinski definition) is 1. The van der Waals surface area contributed by atoms with E-state index in [0.717, 1.165) is 5.56 Å². The molecule has 0 unspecified atom stereocenters. The first kappa shape index (κ1) is 23.6. The van der Waals surface area contributed by atoms with E-state index in [1.165, 1.54) is 21.6 Å². The van der Waals surface area contributed by atoms with E-state index < -0.39 is 18.0 Å². The number of hydrogen-bond acceptors (Lipinski definition) is 7. The molecule has 1 saturated heterocycles. The van der Waals surface area contributed by atoms with Gasteiger partial charge in [-0.15, -0.1) is 11.8 Å². The zero-order valence-electron chi connectivity index (χ0n) is 17.9. The summed E-state index contributed by atoms with van der Waals surface area (Å²) >= 11 is 1.38. The molecule has 2 amide bonds. The average molecular weight is 460 g/mol. The topological polar surface area (TPSA) is 136 Å². The van der Waals surface area contributed by atoms with Crippen molar-refractivity contribution in [3.63, 3.8) is 0 Å². The van der Waals surface area contributed by atoms with E-state index in [4.69, 9.17) is 10.3 Å². The van der Waals surface area contributed by atoms with Gasteiger partial charge in [-0.3, -0.25) is 9.59 Å². The van der Waals surface area contributed by atoms with Crippen molar-refractivity contribution in [2.24, 2.45) is 11.0 Å². The third-order valence-electron chi connectivity index (χ3n) is 5.49. The van der Waals surface area contributed by atoms with Crippen molar-refractivity contribution in [1.29, 1.82) is 0 Å². The van der Waals surface area contributed by atoms with Crippen LogP contribution in [0, 0.1) is 5.92 Å². The number of β-lactam (4-membered cyclic amide) rings is 1. The first-order valence-corrected chi connectivity index (χ1v) is 11.2. The molecular weight excluding hydrogens is 434 g/mol. The predicted molar refractivity (Wildman–Crippen MR) is 118 cm³/mol. The maximum absolute atomic E-state index is 12.9. The van der Waals surface area contributed by atoms with Gasteiger partial charge in [0.2, 0.25) is 11.8 Å². The molecule has 0 aromatic heterocycles. The van der Waals surface area contributed by atoms with Crippen LogP contribution in [0.25, 0.3) is 10.4 Å². The summed E-state index contributed by atoms with van der Waals surface area (Å²) in [5, 5.41) is 13.2. The van der Waals surface area contributed by atoms with Crippen molar-refractivity contribution in [2.75, 3.05) is 25.9 Å². The number of likely N-dealkylation sites (N-methyl/N-ethyl adjacent to an activating group) is 1. The van der Waals surface area contributed by atoms with Crippen LogP contribution < -0.4 is 0 Å². The summed E-state index contributed by atoms with van der Waals surface area (Å²) < 4.78 is 5.47. The standard InChI is InChI=1S/C21H25N5O5S/c1-13(27)18-15-10-16(32-9-8-25(2)17(28)11-23-24-22)19(26(15)20(18)29)21(30)31-12-14-6-4-3-5-7-14/h3-7,13,15,18,27H,8-12H2,1-2H3/t13-,15-,18-/m1/s1. The summed E-state index contributed by atoms with van der Waals surface area (Å²) in [7, 11) is 1.61. The van der Waals surface area contributed by atoms with Crippen LogP contribution in [0.2, 0.25) is 0 Å². The quantitative estimate of drug-likeness (QED) is 0.187. The van der Waals surface area contributed by atoms with E-state index in [2.05, 4.69) is 10.0 Å². The maximum Gasteiger partial charge on any atom is 0.356 e. The number of nitrogens with zero attached hydrogens (tertiary/aromatic N) is 5. The molecule has 11 heteroatoms. The molecule has 2 aliphatic rings. The van der Waals surface area contributed by atoms with Crippen LogP contribution in [0.3, 0.4) is 0 Å². The number of amides is 2.